The molecule has 8 aromatic carbocycles. The van der Waals surface area contributed by atoms with E-state index in [4.69, 9.17) is 46.8 Å². The van der Waals surface area contributed by atoms with Crippen molar-refractivity contribution in [3.63, 3.8) is 0 Å². The van der Waals surface area contributed by atoms with Gasteiger partial charge in [-0.05, 0) is 51.4 Å². The molecule has 0 unspecified atom stereocenters. The van der Waals surface area contributed by atoms with E-state index in [0.717, 1.165) is 52.9 Å². The summed E-state index contributed by atoms with van der Waals surface area (Å²) in [6.07, 6.45) is 7.79. The minimum atomic E-state index is -1.22. The predicted octanol–water partition coefficient (Wildman–Crippen LogP) is 27.5. The maximum absolute atomic E-state index is 4.94. The molecule has 0 N–H and O–H groups in total. The van der Waals surface area contributed by atoms with Gasteiger partial charge in [0.1, 0.15) is 12.3 Å². The molecule has 4 fully saturated rings. The van der Waals surface area contributed by atoms with Gasteiger partial charge in [0.2, 0.25) is 0 Å². The van der Waals surface area contributed by atoms with Crippen molar-refractivity contribution in [3.05, 3.63) is 271 Å². The Bertz CT molecular complexity index is 3120. The van der Waals surface area contributed by atoms with Gasteiger partial charge in [0.15, 0.2) is 0 Å². The first-order chi connectivity index (χ1) is 57.1. The second-order valence-electron chi connectivity index (χ2n) is 45.0. The maximum Gasteiger partial charge on any atom is 4.00 e. The molecule has 0 amide bonds. The number of hydrogen-bond donors (Lipinski definition) is 0. The van der Waals surface area contributed by atoms with Crippen LogP contribution >= 0.6 is 0 Å². The summed E-state index contributed by atoms with van der Waals surface area (Å²) in [6.45, 7) is 90.7. The summed E-state index contributed by atoms with van der Waals surface area (Å²) in [5, 5.41) is 0. The molecule has 4 aliphatic rings. The molecule has 0 spiro atoms. The van der Waals surface area contributed by atoms with Gasteiger partial charge in [0.05, 0.1) is 0 Å². The van der Waals surface area contributed by atoms with Crippen molar-refractivity contribution < 1.29 is 81.2 Å². The minimum absolute atomic E-state index is 0. The van der Waals surface area contributed by atoms with Gasteiger partial charge >= 0.3 is 62.2 Å². The summed E-state index contributed by atoms with van der Waals surface area (Å²) in [6, 6.07) is 87.1. The van der Waals surface area contributed by atoms with Crippen LogP contribution in [0.5, 0.6) is 0 Å². The monoisotopic (exact) mass is 2360 g/mol. The minimum Gasteiger partial charge on any atom is -0.668 e. The Morgan fingerprint density at radius 1 is 0.151 bits per heavy atom. The van der Waals surface area contributed by atoms with Crippen molar-refractivity contribution in [2.75, 3.05) is 52.9 Å². The topological polar surface area (TPSA) is 122 Å². The predicted molar refractivity (Wildman–Crippen MR) is 601 cm³/mol. The number of nitrogens with zero attached hydrogens (tertiary/aromatic N) is 6. The van der Waals surface area contributed by atoms with Crippen LogP contribution in [-0.4, -0.2) is 164 Å². The molecule has 0 aromatic heterocycles. The van der Waals surface area contributed by atoms with Crippen molar-refractivity contribution in [2.24, 2.45) is 0 Å². The van der Waals surface area contributed by atoms with Gasteiger partial charge < -0.3 is 46.8 Å². The molecule has 8 aromatic rings. The first-order valence-corrected chi connectivity index (χ1v) is 88.0. The quantitative estimate of drug-likeness (QED) is 0.0705. The Hall–Kier alpha value is -1.80. The Morgan fingerprint density at radius 2 is 0.230 bits per heavy atom. The zero-order valence-corrected chi connectivity index (χ0v) is 107. The third-order valence-corrected chi connectivity index (χ3v) is 49.9. The summed E-state index contributed by atoms with van der Waals surface area (Å²) in [5.74, 6) is 0. The van der Waals surface area contributed by atoms with Crippen LogP contribution in [0.25, 0.3) is 27.9 Å². The summed E-state index contributed by atoms with van der Waals surface area (Å²) >= 11 is 0. The average molecular weight is 2370 g/mol. The van der Waals surface area contributed by atoms with E-state index in [1.807, 2.05) is 0 Å². The molecular formula is C100H180B2N6O4Si12U2. The van der Waals surface area contributed by atoms with Crippen molar-refractivity contribution in [2.45, 2.75) is 287 Å². The van der Waals surface area contributed by atoms with Crippen LogP contribution in [0.1, 0.15) is 51.4 Å². The summed E-state index contributed by atoms with van der Waals surface area (Å²) in [5.41, 5.74) is 10.7. The van der Waals surface area contributed by atoms with Crippen LogP contribution in [0.3, 0.4) is 0 Å². The number of benzene rings is 8. The number of rotatable bonds is 20. The Balaban J connectivity index is 0. The zero-order chi connectivity index (χ0) is 94.3. The van der Waals surface area contributed by atoms with Gasteiger partial charge in [0.25, 0.3) is 0 Å². The molecule has 126 heavy (non-hydrogen) atoms. The van der Waals surface area contributed by atoms with E-state index in [-0.39, 0.29) is 62.2 Å². The average Bonchev–Trinajstić information content (AvgIpc) is 0.774. The first kappa shape index (κ1) is 126. The molecule has 4 heterocycles. The van der Waals surface area contributed by atoms with E-state index >= 15 is 0 Å². The summed E-state index contributed by atoms with van der Waals surface area (Å²) in [7, 11) is -13.3. The molecule has 10 nitrogen and oxygen atoms in total. The van der Waals surface area contributed by atoms with Gasteiger partial charge in [-0.15, -0.1) is 0 Å². The van der Waals surface area contributed by atoms with Gasteiger partial charge in [-0.2, -0.15) is 43.7 Å². The van der Waals surface area contributed by atoms with Crippen LogP contribution in [0, 0.1) is 62.2 Å². The van der Waals surface area contributed by atoms with Gasteiger partial charge in [0, 0.05) is 52.9 Å². The first-order valence-electron chi connectivity index (χ1n) is 46.6. The molecule has 0 atom stereocenters. The third kappa shape index (κ3) is 65.0. The van der Waals surface area contributed by atoms with Crippen LogP contribution in [0.4, 0.5) is 0 Å². The number of ether oxygens (including phenoxy) is 4. The number of hydrogen-bond acceptors (Lipinski definition) is 4. The van der Waals surface area contributed by atoms with Gasteiger partial charge in [-0.25, -0.2) is 0 Å². The van der Waals surface area contributed by atoms with Crippen molar-refractivity contribution in [3.8, 4) is 0 Å². The Kier molecular flexibility index (Phi) is 62.2. The molecule has 0 bridgehead atoms. The van der Waals surface area contributed by atoms with E-state index in [1.54, 1.807) is 0 Å². The van der Waals surface area contributed by atoms with E-state index < -0.39 is 111 Å². The van der Waals surface area contributed by atoms with Crippen molar-refractivity contribution in [1.82, 2.24) is 0 Å². The second kappa shape index (κ2) is 62.0. The van der Waals surface area contributed by atoms with E-state index in [2.05, 4.69) is 478 Å². The van der Waals surface area contributed by atoms with E-state index in [9.17, 15) is 0 Å². The van der Waals surface area contributed by atoms with E-state index in [0.29, 0.717) is 0 Å². The van der Waals surface area contributed by atoms with Crippen LogP contribution in [-0.2, 0) is 18.9 Å². The molecule has 26 heteroatoms. The fourth-order valence-electron chi connectivity index (χ4n) is 16.3. The fourth-order valence-corrected chi connectivity index (χ4v) is 64.6. The Morgan fingerprint density at radius 3 is 0.278 bits per heavy atom. The molecule has 0 radical (unpaired) electrons. The molecule has 0 saturated carbocycles. The van der Waals surface area contributed by atoms with Crippen LogP contribution in [0.15, 0.2) is 243 Å². The smallest absolute Gasteiger partial charge is 0.668 e. The largest absolute Gasteiger partial charge is 4.00 e. The van der Waals surface area contributed by atoms with Crippen LogP contribution < -0.4 is 43.7 Å². The molecule has 12 rings (SSSR count). The normalized spacial score (nSPS) is 14.3. The van der Waals surface area contributed by atoms with E-state index in [1.165, 1.54) is 95.1 Å². The SMILES string of the molecule is C1CCOC1.C1CCOC1.C1CCOC1.C1CCOC1.C[Si](C)(C)[N-][Si](C)(C)C.C[Si](C)(C)[N-][Si](C)(C)C.C[Si](C)(C)[N-][Si](C)(C)C.C[Si](C)(C)[N-][Si](C)(C)C.C[Si](C)(C)[N-][Si](C)(C)C.C[Si](C)(C)[N-][Si](C)(C)C.[U+4].[U+4].c1ccc([B-](c2ccccc2)(c2ccccc2)c2ccccc2)cc1.c1ccc([B-](c2ccccc2)(c2ccccc2)c2ccccc2)cc1. The molecule has 0 aliphatic carbocycles. The third-order valence-electron chi connectivity index (χ3n) is 17.7. The summed E-state index contributed by atoms with van der Waals surface area (Å²) < 4.78 is 48.7. The Labute approximate surface area is 837 Å². The van der Waals surface area contributed by atoms with Crippen molar-refractivity contribution >= 4 is 155 Å². The fraction of sp³-hybridized carbons (Fsp3) is 0.520. The van der Waals surface area contributed by atoms with Crippen LogP contribution in [0.2, 0.25) is 236 Å². The summed E-state index contributed by atoms with van der Waals surface area (Å²) in [4.78, 5) is 0. The second-order valence-corrected chi connectivity index (χ2v) is 102. The van der Waals surface area contributed by atoms with Crippen molar-refractivity contribution in [1.29, 1.82) is 0 Å². The molecule has 4 aliphatic heterocycles. The van der Waals surface area contributed by atoms with Gasteiger partial charge in [-0.1, -0.05) is 577 Å². The molecule has 696 valence electrons. The standard InChI is InChI=1S/2C24H20B.6C6H18NSi2.4C4H8O.2U/c2*1-5-13-21(14-6-1)25(22-15-7-2-8-16-22,23-17-9-3-10-18-23)24-19-11-4-12-20-24;6*1-8(2,3)7-9(4,5)6;4*1-2-4-5-3-1;;/h2*1-20H;6*1-6H3;4*1-4H2;;/q8*-1;;;;;2*+4. The maximum atomic E-state index is 4.94. The molecule has 4 saturated heterocycles. The molecular weight excluding hydrogens is 2180 g/mol. The van der Waals surface area contributed by atoms with Gasteiger partial charge in [-0.3, -0.25) is 0 Å². The zero-order valence-electron chi connectivity index (χ0n) is 86.9.